The molecule has 0 unspecified atom stereocenters. The van der Waals surface area contributed by atoms with Crippen molar-refractivity contribution in [2.24, 2.45) is 17.3 Å². The van der Waals surface area contributed by atoms with E-state index in [-0.39, 0.29) is 59.7 Å². The summed E-state index contributed by atoms with van der Waals surface area (Å²) in [6, 6.07) is 17.2. The molecular formula is C47H60IrN3O2S-. The molecule has 291 valence electrons. The number of allylic oxidation sites excluding steroid dienone is 2. The zero-order chi connectivity index (χ0) is 39.0. The Morgan fingerprint density at radius 3 is 2.15 bits per heavy atom. The van der Waals surface area contributed by atoms with Crippen LogP contribution in [0.1, 0.15) is 137 Å². The van der Waals surface area contributed by atoms with E-state index in [4.69, 9.17) is 15.0 Å². The predicted octanol–water partition coefficient (Wildman–Crippen LogP) is 13.1. The van der Waals surface area contributed by atoms with Crippen LogP contribution in [0.2, 0.25) is 0 Å². The molecule has 1 N–H and O–H groups in total. The van der Waals surface area contributed by atoms with Crippen LogP contribution >= 0.6 is 11.3 Å². The zero-order valence-corrected chi connectivity index (χ0v) is 38.0. The van der Waals surface area contributed by atoms with Crippen molar-refractivity contribution in [3.8, 4) is 21.7 Å². The molecule has 7 heteroatoms. The minimum absolute atomic E-state index is 0. The molecule has 0 fully saturated rings. The topological polar surface area (TPSA) is 76.0 Å². The van der Waals surface area contributed by atoms with Crippen LogP contribution in [0, 0.1) is 30.2 Å². The van der Waals surface area contributed by atoms with Crippen molar-refractivity contribution in [1.29, 1.82) is 0 Å². The van der Waals surface area contributed by atoms with Crippen molar-refractivity contribution in [3.63, 3.8) is 0 Å². The van der Waals surface area contributed by atoms with Gasteiger partial charge in [0.25, 0.3) is 0 Å². The van der Waals surface area contributed by atoms with Gasteiger partial charge in [0, 0.05) is 75.5 Å². The number of hydrogen-bond acceptors (Lipinski definition) is 6. The van der Waals surface area contributed by atoms with E-state index in [9.17, 15) is 9.90 Å². The molecule has 0 bridgehead atoms. The van der Waals surface area contributed by atoms with E-state index in [1.54, 1.807) is 6.33 Å². The van der Waals surface area contributed by atoms with Crippen LogP contribution in [0.4, 0.5) is 0 Å². The van der Waals surface area contributed by atoms with E-state index in [0.29, 0.717) is 0 Å². The van der Waals surface area contributed by atoms with Crippen molar-refractivity contribution in [1.82, 2.24) is 15.0 Å². The minimum atomic E-state index is -0.111. The molecule has 0 saturated carbocycles. The van der Waals surface area contributed by atoms with Crippen LogP contribution in [0.15, 0.2) is 54.6 Å². The number of nitrogens with zero attached hydrogens (tertiary/aromatic N) is 3. The molecule has 5 nitrogen and oxygen atoms in total. The monoisotopic (exact) mass is 923 g/mol. The van der Waals surface area contributed by atoms with Crippen LogP contribution in [0.3, 0.4) is 0 Å². The number of pyridine rings is 1. The van der Waals surface area contributed by atoms with Gasteiger partial charge in [-0.15, -0.1) is 29.5 Å². The molecule has 0 saturated heterocycles. The molecule has 2 aromatic carbocycles. The number of aromatic nitrogens is 3. The quantitative estimate of drug-likeness (QED) is 0.0905. The molecule has 3 aromatic heterocycles. The number of aliphatic hydroxyl groups is 1. The van der Waals surface area contributed by atoms with Gasteiger partial charge in [-0.2, -0.15) is 0 Å². The van der Waals surface area contributed by atoms with Gasteiger partial charge in [0.2, 0.25) is 0 Å². The van der Waals surface area contributed by atoms with Crippen molar-refractivity contribution in [2.75, 3.05) is 0 Å². The molecule has 0 spiro atoms. The SMILES string of the molecule is CCC(CC)C(=O)/C=C(\O)C(CC)CC.Cc1ccc2[c-]c(-c3ncnc4c5c(sc34)-c3cc(CC(C)(C)C)ccc3C5(C)C)cc(C(C)(C)C)c2n1.[Ir]. The predicted molar refractivity (Wildman–Crippen MR) is 225 cm³/mol. The summed E-state index contributed by atoms with van der Waals surface area (Å²) in [4.78, 5) is 27.7. The van der Waals surface area contributed by atoms with Crippen molar-refractivity contribution >= 4 is 38.2 Å². The average Bonchev–Trinajstić information content (AvgIpc) is 3.58. The third-order valence-corrected chi connectivity index (χ3v) is 12.0. The minimum Gasteiger partial charge on any atom is -0.512 e. The van der Waals surface area contributed by atoms with E-state index in [1.807, 2.05) is 46.0 Å². The fourth-order valence-corrected chi connectivity index (χ4v) is 9.23. The van der Waals surface area contributed by atoms with E-state index in [2.05, 4.69) is 97.9 Å². The second kappa shape index (κ2) is 16.9. The van der Waals surface area contributed by atoms with Crippen molar-refractivity contribution < 1.29 is 30.0 Å². The Morgan fingerprint density at radius 1 is 0.907 bits per heavy atom. The number of benzene rings is 2. The molecule has 1 aliphatic rings. The van der Waals surface area contributed by atoms with Crippen LogP contribution in [0.5, 0.6) is 0 Å². The fraction of sp³-hybridized carbons (Fsp3) is 0.489. The van der Waals surface area contributed by atoms with Gasteiger partial charge in [0.15, 0.2) is 5.78 Å². The first-order chi connectivity index (χ1) is 24.8. The van der Waals surface area contributed by atoms with Gasteiger partial charge < -0.3 is 5.11 Å². The molecule has 0 aliphatic heterocycles. The number of aryl methyl sites for hydroxylation is 1. The van der Waals surface area contributed by atoms with E-state index < -0.39 is 0 Å². The standard InChI is InChI=1S/C34H36N3S.C13H24O2.Ir/c1-19-10-12-21-15-22(16-25(27(21)37-19)33(5,6)7)28-31-29(36-18-35-28)26-30(38-31)23-14-20(17-32(2,3)4)11-13-24(23)34(26,8)9;1-5-10(6-2)12(14)9-13(15)11(7-3)8-4;/h10-14,16,18H,17H2,1-9H3;9-11,14H,5-8H2,1-4H3;/q-1;;/b;12-9-;. The number of hydrogen-bond donors (Lipinski definition) is 1. The zero-order valence-electron chi connectivity index (χ0n) is 34.7. The summed E-state index contributed by atoms with van der Waals surface area (Å²) in [5, 5.41) is 10.8. The first-order valence-electron chi connectivity index (χ1n) is 19.5. The van der Waals surface area contributed by atoms with Gasteiger partial charge >= 0.3 is 0 Å². The number of rotatable bonds is 9. The normalized spacial score (nSPS) is 13.9. The maximum absolute atomic E-state index is 11.7. The summed E-state index contributed by atoms with van der Waals surface area (Å²) >= 11 is 1.84. The number of carbonyl (C=O) groups is 1. The molecule has 0 amide bonds. The molecule has 6 rings (SSSR count). The second-order valence-electron chi connectivity index (χ2n) is 17.6. The van der Waals surface area contributed by atoms with Crippen molar-refractivity contribution in [2.45, 2.75) is 133 Å². The van der Waals surface area contributed by atoms with Gasteiger partial charge in [0.1, 0.15) is 6.33 Å². The second-order valence-corrected chi connectivity index (χ2v) is 18.7. The first kappa shape index (κ1) is 43.5. The van der Waals surface area contributed by atoms with E-state index in [1.165, 1.54) is 38.8 Å². The summed E-state index contributed by atoms with van der Waals surface area (Å²) in [6.45, 7) is 28.5. The van der Waals surface area contributed by atoms with E-state index >= 15 is 0 Å². The summed E-state index contributed by atoms with van der Waals surface area (Å²) in [5.41, 5.74) is 11.9. The summed E-state index contributed by atoms with van der Waals surface area (Å²) < 4.78 is 1.15. The smallest absolute Gasteiger partial charge is 0.162 e. The Balaban J connectivity index is 0.000000347. The Morgan fingerprint density at radius 2 is 1.56 bits per heavy atom. The first-order valence-corrected chi connectivity index (χ1v) is 20.4. The largest absolute Gasteiger partial charge is 0.512 e. The number of carbonyl (C=O) groups excluding carboxylic acids is 1. The van der Waals surface area contributed by atoms with Crippen LogP contribution in [-0.2, 0) is 42.2 Å². The molecule has 0 atom stereocenters. The fourth-order valence-electron chi connectivity index (χ4n) is 7.79. The number of thiophene rings is 1. The number of ketones is 1. The molecule has 1 aliphatic carbocycles. The van der Waals surface area contributed by atoms with Gasteiger partial charge in [-0.25, -0.2) is 4.98 Å². The third-order valence-electron chi connectivity index (χ3n) is 10.8. The van der Waals surface area contributed by atoms with Crippen LogP contribution in [-0.4, -0.2) is 25.8 Å². The Kier molecular flexibility index (Phi) is 13.6. The third kappa shape index (κ3) is 8.90. The van der Waals surface area contributed by atoms with Gasteiger partial charge in [-0.3, -0.25) is 14.8 Å². The summed E-state index contributed by atoms with van der Waals surface area (Å²) in [5.74, 6) is 0.547. The van der Waals surface area contributed by atoms with Gasteiger partial charge in [-0.1, -0.05) is 124 Å². The number of fused-ring (bicyclic) bond motifs is 6. The van der Waals surface area contributed by atoms with Gasteiger partial charge in [-0.05, 0) is 66.5 Å². The molecular weight excluding hydrogens is 863 g/mol. The Bertz CT molecular complexity index is 2160. The van der Waals surface area contributed by atoms with Gasteiger partial charge in [0.05, 0.1) is 11.3 Å². The summed E-state index contributed by atoms with van der Waals surface area (Å²) in [6.07, 6.45) is 7.70. The van der Waals surface area contributed by atoms with Crippen LogP contribution in [0.25, 0.3) is 42.8 Å². The molecule has 5 aromatic rings. The molecule has 54 heavy (non-hydrogen) atoms. The average molecular weight is 923 g/mol. The summed E-state index contributed by atoms with van der Waals surface area (Å²) in [7, 11) is 0. The Hall–Kier alpha value is -3.25. The van der Waals surface area contributed by atoms with Crippen molar-refractivity contribution in [3.05, 3.63) is 88.6 Å². The molecule has 3 heterocycles. The number of aliphatic hydroxyl groups excluding tert-OH is 1. The maximum atomic E-state index is 11.7. The molecule has 1 radical (unpaired) electrons. The van der Waals surface area contributed by atoms with Crippen LogP contribution < -0.4 is 0 Å². The maximum Gasteiger partial charge on any atom is 0.162 e. The van der Waals surface area contributed by atoms with E-state index in [0.717, 1.165) is 70.2 Å². The Labute approximate surface area is 341 Å².